The second kappa shape index (κ2) is 4.95. The third kappa shape index (κ3) is 2.54. The standard InChI is InChI=1S/C11H12BrFN4/c1-17-5-4-10(16-17)11(15-14)7-2-3-8(12)9(13)6-7/h2-6,11,15H,14H2,1H3. The highest BCUT2D eigenvalue weighted by Crippen LogP contribution is 2.24. The molecule has 90 valence electrons. The first-order valence-corrected chi connectivity index (χ1v) is 5.81. The number of hydrogen-bond donors (Lipinski definition) is 2. The molecule has 0 aliphatic carbocycles. The van der Waals surface area contributed by atoms with Crippen molar-refractivity contribution >= 4 is 15.9 Å². The van der Waals surface area contributed by atoms with Gasteiger partial charge in [0.2, 0.25) is 0 Å². The molecule has 2 aromatic rings. The minimum atomic E-state index is -0.321. The van der Waals surface area contributed by atoms with Gasteiger partial charge in [0, 0.05) is 13.2 Å². The van der Waals surface area contributed by atoms with E-state index < -0.39 is 0 Å². The van der Waals surface area contributed by atoms with Gasteiger partial charge in [-0.1, -0.05) is 6.07 Å². The lowest BCUT2D eigenvalue weighted by Gasteiger charge is -2.14. The van der Waals surface area contributed by atoms with Gasteiger partial charge in [-0.2, -0.15) is 5.10 Å². The lowest BCUT2D eigenvalue weighted by molar-refractivity contribution is 0.586. The van der Waals surface area contributed by atoms with Crippen LogP contribution in [0.25, 0.3) is 0 Å². The van der Waals surface area contributed by atoms with Crippen molar-refractivity contribution in [2.45, 2.75) is 6.04 Å². The molecule has 0 radical (unpaired) electrons. The summed E-state index contributed by atoms with van der Waals surface area (Å²) in [6, 6.07) is 6.40. The van der Waals surface area contributed by atoms with Gasteiger partial charge in [0.15, 0.2) is 0 Å². The Labute approximate surface area is 107 Å². The van der Waals surface area contributed by atoms with E-state index in [1.807, 2.05) is 19.3 Å². The van der Waals surface area contributed by atoms with Crippen LogP contribution in [0.2, 0.25) is 0 Å². The molecule has 4 nitrogen and oxygen atoms in total. The minimum absolute atomic E-state index is 0.321. The van der Waals surface area contributed by atoms with E-state index in [1.54, 1.807) is 16.8 Å². The summed E-state index contributed by atoms with van der Waals surface area (Å²) in [6.45, 7) is 0. The fraction of sp³-hybridized carbons (Fsp3) is 0.182. The van der Waals surface area contributed by atoms with E-state index in [1.165, 1.54) is 6.07 Å². The van der Waals surface area contributed by atoms with Crippen molar-refractivity contribution in [3.05, 3.63) is 52.0 Å². The number of benzene rings is 1. The van der Waals surface area contributed by atoms with E-state index in [2.05, 4.69) is 26.5 Å². The fourth-order valence-corrected chi connectivity index (χ4v) is 1.88. The molecular formula is C11H12BrFN4. The van der Waals surface area contributed by atoms with Crippen LogP contribution < -0.4 is 11.3 Å². The van der Waals surface area contributed by atoms with Crippen LogP contribution >= 0.6 is 15.9 Å². The minimum Gasteiger partial charge on any atom is -0.275 e. The molecule has 1 unspecified atom stereocenters. The second-order valence-corrected chi connectivity index (χ2v) is 4.54. The maximum Gasteiger partial charge on any atom is 0.137 e. The molecule has 1 aromatic heterocycles. The number of halogens is 2. The van der Waals surface area contributed by atoms with Gasteiger partial charge >= 0.3 is 0 Å². The summed E-state index contributed by atoms with van der Waals surface area (Å²) in [5, 5.41) is 4.25. The van der Waals surface area contributed by atoms with Crippen LogP contribution in [0.5, 0.6) is 0 Å². The largest absolute Gasteiger partial charge is 0.275 e. The summed E-state index contributed by atoms with van der Waals surface area (Å²) < 4.78 is 15.6. The Balaban J connectivity index is 2.38. The summed E-state index contributed by atoms with van der Waals surface area (Å²) in [7, 11) is 1.82. The van der Waals surface area contributed by atoms with Crippen LogP contribution in [-0.4, -0.2) is 9.78 Å². The molecule has 2 rings (SSSR count). The average Bonchev–Trinajstić information content (AvgIpc) is 2.71. The highest BCUT2D eigenvalue weighted by Gasteiger charge is 2.16. The van der Waals surface area contributed by atoms with Crippen LogP contribution in [0.1, 0.15) is 17.3 Å². The van der Waals surface area contributed by atoms with Crippen molar-refractivity contribution in [1.82, 2.24) is 15.2 Å². The normalized spacial score (nSPS) is 12.7. The SMILES string of the molecule is Cn1ccc(C(NN)c2ccc(Br)c(F)c2)n1. The molecule has 17 heavy (non-hydrogen) atoms. The Morgan fingerprint density at radius 1 is 1.47 bits per heavy atom. The zero-order valence-electron chi connectivity index (χ0n) is 9.19. The van der Waals surface area contributed by atoms with E-state index in [-0.39, 0.29) is 11.9 Å². The molecule has 0 saturated carbocycles. The van der Waals surface area contributed by atoms with Gasteiger partial charge in [-0.25, -0.2) is 9.82 Å². The van der Waals surface area contributed by atoms with Gasteiger partial charge in [0.05, 0.1) is 16.2 Å². The molecule has 0 aliphatic heterocycles. The van der Waals surface area contributed by atoms with Crippen molar-refractivity contribution in [3.63, 3.8) is 0 Å². The molecule has 1 aromatic carbocycles. The van der Waals surface area contributed by atoms with E-state index in [9.17, 15) is 4.39 Å². The predicted octanol–water partition coefficient (Wildman–Crippen LogP) is 1.87. The second-order valence-electron chi connectivity index (χ2n) is 3.69. The third-order valence-electron chi connectivity index (χ3n) is 2.47. The Morgan fingerprint density at radius 3 is 2.76 bits per heavy atom. The van der Waals surface area contributed by atoms with Crippen molar-refractivity contribution in [2.24, 2.45) is 12.9 Å². The Morgan fingerprint density at radius 2 is 2.24 bits per heavy atom. The lowest BCUT2D eigenvalue weighted by Crippen LogP contribution is -2.29. The number of aromatic nitrogens is 2. The number of nitrogens with zero attached hydrogens (tertiary/aromatic N) is 2. The zero-order chi connectivity index (χ0) is 12.4. The van der Waals surface area contributed by atoms with Crippen LogP contribution in [0.4, 0.5) is 4.39 Å². The molecule has 0 aliphatic rings. The van der Waals surface area contributed by atoms with Crippen molar-refractivity contribution < 1.29 is 4.39 Å². The summed E-state index contributed by atoms with van der Waals surface area (Å²) in [4.78, 5) is 0. The quantitative estimate of drug-likeness (QED) is 0.672. The topological polar surface area (TPSA) is 55.9 Å². The van der Waals surface area contributed by atoms with Gasteiger partial charge in [-0.15, -0.1) is 0 Å². The van der Waals surface area contributed by atoms with Crippen molar-refractivity contribution in [1.29, 1.82) is 0 Å². The van der Waals surface area contributed by atoms with Gasteiger partial charge < -0.3 is 0 Å². The summed E-state index contributed by atoms with van der Waals surface area (Å²) >= 11 is 3.11. The Kier molecular flexibility index (Phi) is 3.56. The molecule has 1 heterocycles. The molecule has 0 fully saturated rings. The number of nitrogens with two attached hydrogens (primary N) is 1. The number of nitrogens with one attached hydrogen (secondary N) is 1. The lowest BCUT2D eigenvalue weighted by atomic mass is 10.0. The van der Waals surface area contributed by atoms with E-state index >= 15 is 0 Å². The molecule has 0 amide bonds. The smallest absolute Gasteiger partial charge is 0.137 e. The zero-order valence-corrected chi connectivity index (χ0v) is 10.8. The predicted molar refractivity (Wildman–Crippen MR) is 66.5 cm³/mol. The van der Waals surface area contributed by atoms with Gasteiger partial charge in [-0.05, 0) is 39.7 Å². The maximum absolute atomic E-state index is 13.5. The molecule has 0 bridgehead atoms. The van der Waals surface area contributed by atoms with Gasteiger partial charge in [0.1, 0.15) is 5.82 Å². The Bertz CT molecular complexity index is 526. The third-order valence-corrected chi connectivity index (χ3v) is 3.12. The van der Waals surface area contributed by atoms with Crippen LogP contribution in [0, 0.1) is 5.82 Å². The van der Waals surface area contributed by atoms with E-state index in [0.717, 1.165) is 11.3 Å². The monoisotopic (exact) mass is 298 g/mol. The summed E-state index contributed by atoms with van der Waals surface area (Å²) in [5.41, 5.74) is 4.11. The highest BCUT2D eigenvalue weighted by molar-refractivity contribution is 9.10. The fourth-order valence-electron chi connectivity index (χ4n) is 1.63. The number of hydrogen-bond acceptors (Lipinski definition) is 3. The highest BCUT2D eigenvalue weighted by atomic mass is 79.9. The first kappa shape index (κ1) is 12.2. The molecule has 0 saturated heterocycles. The number of rotatable bonds is 3. The van der Waals surface area contributed by atoms with Crippen molar-refractivity contribution in [3.8, 4) is 0 Å². The average molecular weight is 299 g/mol. The number of aryl methyl sites for hydroxylation is 1. The first-order chi connectivity index (χ1) is 8.11. The maximum atomic E-state index is 13.5. The molecular weight excluding hydrogens is 287 g/mol. The number of hydrazine groups is 1. The summed E-state index contributed by atoms with van der Waals surface area (Å²) in [5.74, 6) is 5.18. The Hall–Kier alpha value is -1.24. The molecule has 0 spiro atoms. The van der Waals surface area contributed by atoms with Crippen LogP contribution in [-0.2, 0) is 7.05 Å². The van der Waals surface area contributed by atoms with E-state index in [0.29, 0.717) is 4.47 Å². The van der Waals surface area contributed by atoms with Crippen LogP contribution in [0.15, 0.2) is 34.9 Å². The van der Waals surface area contributed by atoms with Gasteiger partial charge in [-0.3, -0.25) is 10.5 Å². The van der Waals surface area contributed by atoms with Gasteiger partial charge in [0.25, 0.3) is 0 Å². The van der Waals surface area contributed by atoms with Crippen molar-refractivity contribution in [2.75, 3.05) is 0 Å². The molecule has 3 N–H and O–H groups in total. The van der Waals surface area contributed by atoms with Crippen LogP contribution in [0.3, 0.4) is 0 Å². The molecule has 6 heteroatoms. The summed E-state index contributed by atoms with van der Waals surface area (Å²) in [6.07, 6.45) is 1.81. The molecule has 1 atom stereocenters. The first-order valence-electron chi connectivity index (χ1n) is 5.02. The van der Waals surface area contributed by atoms with E-state index in [4.69, 9.17) is 5.84 Å².